The van der Waals surface area contributed by atoms with Gasteiger partial charge in [-0.15, -0.1) is 10.2 Å². The molecular formula is C16H10ClFN4O4S. The van der Waals surface area contributed by atoms with Crippen molar-refractivity contribution < 1.29 is 18.5 Å². The molecule has 3 rings (SSSR count). The van der Waals surface area contributed by atoms with Crippen LogP contribution in [-0.2, 0) is 4.79 Å². The number of carbonyl (C=O) groups excluding carboxylic acids is 1. The molecule has 8 nitrogen and oxygen atoms in total. The third kappa shape index (κ3) is 4.60. The topological polar surface area (TPSA) is 111 Å². The summed E-state index contributed by atoms with van der Waals surface area (Å²) in [5.74, 6) is -1.20. The van der Waals surface area contributed by atoms with Gasteiger partial charge in [0.25, 0.3) is 16.8 Å². The van der Waals surface area contributed by atoms with E-state index >= 15 is 0 Å². The lowest BCUT2D eigenvalue weighted by molar-refractivity contribution is -0.383. The van der Waals surface area contributed by atoms with Crippen molar-refractivity contribution in [2.75, 3.05) is 11.1 Å². The predicted octanol–water partition coefficient (Wildman–Crippen LogP) is 4.17. The summed E-state index contributed by atoms with van der Waals surface area (Å²) in [7, 11) is 0. The van der Waals surface area contributed by atoms with E-state index in [0.29, 0.717) is 0 Å². The lowest BCUT2D eigenvalue weighted by atomic mass is 10.2. The second-order valence-corrected chi connectivity index (χ2v) is 6.47. The van der Waals surface area contributed by atoms with E-state index in [1.165, 1.54) is 36.4 Å². The van der Waals surface area contributed by atoms with Crippen LogP contribution in [0.4, 0.5) is 15.8 Å². The fourth-order valence-corrected chi connectivity index (χ4v) is 2.83. The maximum Gasteiger partial charge on any atom is 0.292 e. The highest BCUT2D eigenvalue weighted by Gasteiger charge is 2.18. The Morgan fingerprint density at radius 1 is 1.30 bits per heavy atom. The van der Waals surface area contributed by atoms with Gasteiger partial charge < -0.3 is 9.73 Å². The molecule has 0 aliphatic heterocycles. The highest BCUT2D eigenvalue weighted by atomic mass is 35.5. The molecule has 11 heteroatoms. The van der Waals surface area contributed by atoms with E-state index in [-0.39, 0.29) is 38.8 Å². The van der Waals surface area contributed by atoms with Gasteiger partial charge in [-0.05, 0) is 24.3 Å². The number of carbonyl (C=O) groups is 1. The Kier molecular flexibility index (Phi) is 5.67. The fourth-order valence-electron chi connectivity index (χ4n) is 2.09. The first-order valence-electron chi connectivity index (χ1n) is 7.39. The van der Waals surface area contributed by atoms with Crippen molar-refractivity contribution in [3.8, 4) is 11.5 Å². The summed E-state index contributed by atoms with van der Waals surface area (Å²) in [5.41, 5.74) is -0.149. The van der Waals surface area contributed by atoms with Gasteiger partial charge >= 0.3 is 0 Å². The summed E-state index contributed by atoms with van der Waals surface area (Å²) >= 11 is 6.72. The third-order valence-corrected chi connectivity index (χ3v) is 4.32. The molecule has 0 bridgehead atoms. The Labute approximate surface area is 160 Å². The van der Waals surface area contributed by atoms with Crippen molar-refractivity contribution >= 4 is 40.6 Å². The first-order valence-corrected chi connectivity index (χ1v) is 8.75. The predicted molar refractivity (Wildman–Crippen MR) is 97.2 cm³/mol. The zero-order valence-electron chi connectivity index (χ0n) is 13.4. The van der Waals surface area contributed by atoms with Crippen LogP contribution >= 0.6 is 23.4 Å². The molecule has 0 spiro atoms. The first kappa shape index (κ1) is 18.8. The molecule has 2 aromatic carbocycles. The molecule has 0 saturated carbocycles. The van der Waals surface area contributed by atoms with Crippen molar-refractivity contribution in [3.63, 3.8) is 0 Å². The lowest BCUT2D eigenvalue weighted by Gasteiger charge is -2.05. The molecule has 1 N–H and O–H groups in total. The molecule has 1 amide bonds. The average molecular weight is 409 g/mol. The smallest absolute Gasteiger partial charge is 0.292 e. The zero-order valence-corrected chi connectivity index (χ0v) is 15.0. The average Bonchev–Trinajstić information content (AvgIpc) is 3.09. The minimum Gasteiger partial charge on any atom is -0.411 e. The number of aromatic nitrogens is 2. The number of nitro groups is 1. The number of hydrogen-bond acceptors (Lipinski definition) is 7. The highest BCUT2D eigenvalue weighted by Crippen LogP contribution is 2.29. The van der Waals surface area contributed by atoms with Gasteiger partial charge in [-0.25, -0.2) is 4.39 Å². The van der Waals surface area contributed by atoms with Gasteiger partial charge in [-0.1, -0.05) is 35.5 Å². The number of nitro benzene ring substituents is 1. The van der Waals surface area contributed by atoms with Crippen molar-refractivity contribution in [2.45, 2.75) is 5.22 Å². The lowest BCUT2D eigenvalue weighted by Crippen LogP contribution is -2.15. The monoisotopic (exact) mass is 408 g/mol. The first-order chi connectivity index (χ1) is 12.9. The number of anilines is 1. The summed E-state index contributed by atoms with van der Waals surface area (Å²) < 4.78 is 19.0. The summed E-state index contributed by atoms with van der Waals surface area (Å²) in [6.07, 6.45) is 0. The normalized spacial score (nSPS) is 10.6. The molecule has 3 aromatic rings. The molecule has 0 atom stereocenters. The van der Waals surface area contributed by atoms with Crippen LogP contribution < -0.4 is 5.32 Å². The largest absolute Gasteiger partial charge is 0.411 e. The summed E-state index contributed by atoms with van der Waals surface area (Å²) in [6.45, 7) is 0. The minimum atomic E-state index is -0.627. The van der Waals surface area contributed by atoms with Gasteiger partial charge in [0.2, 0.25) is 5.91 Å². The van der Waals surface area contributed by atoms with Crippen LogP contribution in [0.2, 0.25) is 5.02 Å². The third-order valence-electron chi connectivity index (χ3n) is 3.27. The SMILES string of the molecule is O=C(CSc1nnc(-c2ccccc2F)o1)Nc1cc(Cl)ccc1[N+](=O)[O-]. The van der Waals surface area contributed by atoms with Gasteiger partial charge in [0, 0.05) is 11.1 Å². The van der Waals surface area contributed by atoms with Crippen LogP contribution in [0.3, 0.4) is 0 Å². The Morgan fingerprint density at radius 2 is 2.07 bits per heavy atom. The van der Waals surface area contributed by atoms with Crippen LogP contribution in [0.25, 0.3) is 11.5 Å². The Hall–Kier alpha value is -2.98. The van der Waals surface area contributed by atoms with Gasteiger partial charge in [0.1, 0.15) is 11.5 Å². The van der Waals surface area contributed by atoms with Crippen LogP contribution in [0, 0.1) is 15.9 Å². The minimum absolute atomic E-state index is 0.0125. The van der Waals surface area contributed by atoms with E-state index in [4.69, 9.17) is 16.0 Å². The zero-order chi connectivity index (χ0) is 19.4. The summed E-state index contributed by atoms with van der Waals surface area (Å²) in [6, 6.07) is 9.74. The van der Waals surface area contributed by atoms with E-state index in [1.807, 2.05) is 0 Å². The van der Waals surface area contributed by atoms with Crippen molar-refractivity contribution in [3.05, 3.63) is 63.4 Å². The number of rotatable bonds is 6. The molecule has 27 heavy (non-hydrogen) atoms. The second-order valence-electron chi connectivity index (χ2n) is 5.11. The maximum atomic E-state index is 13.7. The van der Waals surface area contributed by atoms with Crippen LogP contribution in [0.1, 0.15) is 0 Å². The van der Waals surface area contributed by atoms with Crippen molar-refractivity contribution in [1.82, 2.24) is 10.2 Å². The number of hydrogen-bond donors (Lipinski definition) is 1. The fraction of sp³-hybridized carbons (Fsp3) is 0.0625. The quantitative estimate of drug-likeness (QED) is 0.370. The van der Waals surface area contributed by atoms with E-state index in [2.05, 4.69) is 15.5 Å². The standard InChI is InChI=1S/C16H10ClFN4O4S/c17-9-5-6-13(22(24)25)12(7-9)19-14(23)8-27-16-21-20-15(26-16)10-3-1-2-4-11(10)18/h1-7H,8H2,(H,19,23). The van der Waals surface area contributed by atoms with E-state index in [9.17, 15) is 19.3 Å². The molecule has 0 aliphatic rings. The number of halogens is 2. The molecule has 0 unspecified atom stereocenters. The molecule has 0 saturated heterocycles. The van der Waals surface area contributed by atoms with E-state index in [0.717, 1.165) is 11.8 Å². The number of nitrogens with zero attached hydrogens (tertiary/aromatic N) is 3. The molecule has 1 heterocycles. The van der Waals surface area contributed by atoms with Gasteiger partial charge in [-0.3, -0.25) is 14.9 Å². The number of amides is 1. The number of nitrogens with one attached hydrogen (secondary N) is 1. The molecular weight excluding hydrogens is 399 g/mol. The molecule has 0 aliphatic carbocycles. The van der Waals surface area contributed by atoms with Crippen LogP contribution in [0.5, 0.6) is 0 Å². The molecule has 138 valence electrons. The molecule has 0 fully saturated rings. The Morgan fingerprint density at radius 3 is 2.81 bits per heavy atom. The van der Waals surface area contributed by atoms with Gasteiger partial charge in [0.05, 0.1) is 16.2 Å². The number of benzene rings is 2. The Balaban J connectivity index is 1.65. The van der Waals surface area contributed by atoms with Gasteiger partial charge in [0.15, 0.2) is 0 Å². The maximum absolute atomic E-state index is 13.7. The molecule has 0 radical (unpaired) electrons. The summed E-state index contributed by atoms with van der Waals surface area (Å²) in [4.78, 5) is 22.4. The van der Waals surface area contributed by atoms with Crippen LogP contribution in [0.15, 0.2) is 52.1 Å². The van der Waals surface area contributed by atoms with Crippen LogP contribution in [-0.4, -0.2) is 26.8 Å². The Bertz CT molecular complexity index is 1010. The van der Waals surface area contributed by atoms with Crippen molar-refractivity contribution in [2.24, 2.45) is 0 Å². The highest BCUT2D eigenvalue weighted by molar-refractivity contribution is 7.99. The summed E-state index contributed by atoms with van der Waals surface area (Å²) in [5, 5.41) is 21.2. The van der Waals surface area contributed by atoms with E-state index in [1.54, 1.807) is 6.07 Å². The second kappa shape index (κ2) is 8.14. The van der Waals surface area contributed by atoms with Gasteiger partial charge in [-0.2, -0.15) is 0 Å². The molecule has 1 aromatic heterocycles. The van der Waals surface area contributed by atoms with E-state index < -0.39 is 16.6 Å². The number of thioether (sulfide) groups is 1. The van der Waals surface area contributed by atoms with Crippen molar-refractivity contribution in [1.29, 1.82) is 0 Å².